The molecule has 15 heavy (non-hydrogen) atoms. The van der Waals surface area contributed by atoms with E-state index >= 15 is 0 Å². The SMILES string of the molecule is CC1(C)CCC(=O)N(CCC(=O)O)CC1. The zero-order valence-electron chi connectivity index (χ0n) is 9.45. The smallest absolute Gasteiger partial charge is 0.305 e. The number of nitrogens with zero attached hydrogens (tertiary/aromatic N) is 1. The largest absolute Gasteiger partial charge is 0.481 e. The second kappa shape index (κ2) is 4.64. The van der Waals surface area contributed by atoms with Crippen LogP contribution in [0.3, 0.4) is 0 Å². The molecule has 0 aromatic carbocycles. The molecule has 0 spiro atoms. The lowest BCUT2D eigenvalue weighted by atomic mass is 9.85. The fraction of sp³-hybridized carbons (Fsp3) is 0.818. The summed E-state index contributed by atoms with van der Waals surface area (Å²) in [7, 11) is 0. The van der Waals surface area contributed by atoms with Gasteiger partial charge in [0.25, 0.3) is 0 Å². The van der Waals surface area contributed by atoms with Crippen molar-refractivity contribution in [2.45, 2.75) is 39.5 Å². The summed E-state index contributed by atoms with van der Waals surface area (Å²) in [6, 6.07) is 0. The van der Waals surface area contributed by atoms with E-state index in [2.05, 4.69) is 13.8 Å². The summed E-state index contributed by atoms with van der Waals surface area (Å²) in [4.78, 5) is 23.8. The summed E-state index contributed by atoms with van der Waals surface area (Å²) in [6.07, 6.45) is 2.45. The number of aliphatic carboxylic acids is 1. The molecule has 1 amide bonds. The molecule has 0 unspecified atom stereocenters. The third-order valence-electron chi connectivity index (χ3n) is 3.02. The second-order valence-corrected chi connectivity index (χ2v) is 4.94. The zero-order chi connectivity index (χ0) is 11.5. The number of amides is 1. The fourth-order valence-electron chi connectivity index (χ4n) is 1.76. The lowest BCUT2D eigenvalue weighted by Crippen LogP contribution is -2.32. The predicted octanol–water partition coefficient (Wildman–Crippen LogP) is 1.50. The minimum absolute atomic E-state index is 0.0478. The van der Waals surface area contributed by atoms with Crippen molar-refractivity contribution in [3.63, 3.8) is 0 Å². The molecule has 1 N–H and O–H groups in total. The van der Waals surface area contributed by atoms with Crippen LogP contribution in [-0.2, 0) is 9.59 Å². The maximum absolute atomic E-state index is 11.6. The molecular formula is C11H19NO3. The highest BCUT2D eigenvalue weighted by atomic mass is 16.4. The van der Waals surface area contributed by atoms with Crippen molar-refractivity contribution >= 4 is 11.9 Å². The van der Waals surface area contributed by atoms with Crippen LogP contribution in [0.15, 0.2) is 0 Å². The van der Waals surface area contributed by atoms with Crippen LogP contribution in [0, 0.1) is 5.41 Å². The molecule has 1 rings (SSSR count). The highest BCUT2D eigenvalue weighted by molar-refractivity contribution is 5.77. The van der Waals surface area contributed by atoms with Crippen LogP contribution in [0.4, 0.5) is 0 Å². The standard InChI is InChI=1S/C11H19NO3/c1-11(2)5-3-9(13)12(8-6-11)7-4-10(14)15/h3-8H2,1-2H3,(H,14,15). The average Bonchev–Trinajstić information content (AvgIpc) is 2.25. The van der Waals surface area contributed by atoms with E-state index in [-0.39, 0.29) is 17.7 Å². The molecule has 0 aliphatic carbocycles. The minimum Gasteiger partial charge on any atom is -0.481 e. The predicted molar refractivity (Wildman–Crippen MR) is 56.5 cm³/mol. The average molecular weight is 213 g/mol. The van der Waals surface area contributed by atoms with E-state index in [4.69, 9.17) is 5.11 Å². The summed E-state index contributed by atoms with van der Waals surface area (Å²) in [5.41, 5.74) is 0.202. The Morgan fingerprint density at radius 2 is 2.13 bits per heavy atom. The number of likely N-dealkylation sites (tertiary alicyclic amines) is 1. The first-order chi connectivity index (χ1) is 6.91. The van der Waals surface area contributed by atoms with Crippen molar-refractivity contribution in [2.24, 2.45) is 5.41 Å². The van der Waals surface area contributed by atoms with E-state index < -0.39 is 5.97 Å². The molecule has 1 fully saturated rings. The molecule has 0 radical (unpaired) electrons. The summed E-state index contributed by atoms with van der Waals surface area (Å²) < 4.78 is 0. The monoisotopic (exact) mass is 213 g/mol. The Morgan fingerprint density at radius 3 is 2.73 bits per heavy atom. The Bertz CT molecular complexity index is 261. The fourth-order valence-corrected chi connectivity index (χ4v) is 1.76. The quantitative estimate of drug-likeness (QED) is 0.773. The summed E-state index contributed by atoms with van der Waals surface area (Å²) in [5, 5.41) is 8.57. The number of carbonyl (C=O) groups is 2. The number of carbonyl (C=O) groups excluding carboxylic acids is 1. The molecule has 1 aliphatic heterocycles. The first-order valence-corrected chi connectivity index (χ1v) is 5.40. The topological polar surface area (TPSA) is 57.6 Å². The van der Waals surface area contributed by atoms with Crippen LogP contribution in [-0.4, -0.2) is 35.0 Å². The van der Waals surface area contributed by atoms with Gasteiger partial charge in [-0.3, -0.25) is 9.59 Å². The first kappa shape index (κ1) is 12.0. The lowest BCUT2D eigenvalue weighted by molar-refractivity contribution is -0.138. The number of rotatable bonds is 3. The van der Waals surface area contributed by atoms with Gasteiger partial charge in [0, 0.05) is 19.5 Å². The van der Waals surface area contributed by atoms with Crippen LogP contribution in [0.25, 0.3) is 0 Å². The highest BCUT2D eigenvalue weighted by Crippen LogP contribution is 2.30. The van der Waals surface area contributed by atoms with Gasteiger partial charge in [-0.05, 0) is 18.3 Å². The van der Waals surface area contributed by atoms with E-state index in [1.807, 2.05) is 0 Å². The molecular weight excluding hydrogens is 194 g/mol. The Labute approximate surface area is 90.3 Å². The Morgan fingerprint density at radius 1 is 1.47 bits per heavy atom. The molecule has 0 bridgehead atoms. The van der Waals surface area contributed by atoms with Crippen LogP contribution in [0.2, 0.25) is 0 Å². The molecule has 4 heteroatoms. The van der Waals surface area contributed by atoms with Gasteiger partial charge in [-0.25, -0.2) is 0 Å². The van der Waals surface area contributed by atoms with Crippen LogP contribution < -0.4 is 0 Å². The summed E-state index contributed by atoms with van der Waals surface area (Å²) in [6.45, 7) is 5.35. The number of hydrogen-bond acceptors (Lipinski definition) is 2. The van der Waals surface area contributed by atoms with Gasteiger partial charge in [0.15, 0.2) is 0 Å². The van der Waals surface area contributed by atoms with Gasteiger partial charge < -0.3 is 10.0 Å². The van der Waals surface area contributed by atoms with Crippen LogP contribution >= 0.6 is 0 Å². The van der Waals surface area contributed by atoms with E-state index in [9.17, 15) is 9.59 Å². The summed E-state index contributed by atoms with van der Waals surface area (Å²) in [5.74, 6) is -0.742. The van der Waals surface area contributed by atoms with E-state index in [0.717, 1.165) is 12.8 Å². The third-order valence-corrected chi connectivity index (χ3v) is 3.02. The minimum atomic E-state index is -0.841. The van der Waals surface area contributed by atoms with Crippen molar-refractivity contribution < 1.29 is 14.7 Å². The van der Waals surface area contributed by atoms with Crippen molar-refractivity contribution in [3.05, 3.63) is 0 Å². The maximum Gasteiger partial charge on any atom is 0.305 e. The molecule has 86 valence electrons. The number of hydrogen-bond donors (Lipinski definition) is 1. The van der Waals surface area contributed by atoms with Gasteiger partial charge in [0.1, 0.15) is 0 Å². The van der Waals surface area contributed by atoms with E-state index in [1.54, 1.807) is 4.90 Å². The molecule has 0 saturated carbocycles. The van der Waals surface area contributed by atoms with Gasteiger partial charge in [0.05, 0.1) is 6.42 Å². The van der Waals surface area contributed by atoms with Crippen molar-refractivity contribution in [1.29, 1.82) is 0 Å². The highest BCUT2D eigenvalue weighted by Gasteiger charge is 2.27. The molecule has 1 heterocycles. The van der Waals surface area contributed by atoms with Gasteiger partial charge >= 0.3 is 5.97 Å². The molecule has 0 aromatic rings. The molecule has 0 atom stereocenters. The molecule has 1 saturated heterocycles. The van der Waals surface area contributed by atoms with E-state index in [0.29, 0.717) is 19.5 Å². The van der Waals surface area contributed by atoms with Gasteiger partial charge in [-0.1, -0.05) is 13.8 Å². The van der Waals surface area contributed by atoms with Gasteiger partial charge in [-0.15, -0.1) is 0 Å². The van der Waals surface area contributed by atoms with Crippen molar-refractivity contribution in [1.82, 2.24) is 4.90 Å². The Balaban J connectivity index is 2.50. The number of carboxylic acids is 1. The van der Waals surface area contributed by atoms with Crippen LogP contribution in [0.5, 0.6) is 0 Å². The Kier molecular flexibility index (Phi) is 3.72. The normalized spacial score (nSPS) is 21.2. The van der Waals surface area contributed by atoms with Gasteiger partial charge in [-0.2, -0.15) is 0 Å². The molecule has 1 aliphatic rings. The third kappa shape index (κ3) is 3.90. The Hall–Kier alpha value is -1.06. The van der Waals surface area contributed by atoms with Crippen molar-refractivity contribution in [2.75, 3.05) is 13.1 Å². The van der Waals surface area contributed by atoms with Crippen LogP contribution in [0.1, 0.15) is 39.5 Å². The lowest BCUT2D eigenvalue weighted by Gasteiger charge is -2.22. The second-order valence-electron chi connectivity index (χ2n) is 4.94. The number of carboxylic acid groups (broad SMARTS) is 1. The maximum atomic E-state index is 11.6. The molecule has 0 aromatic heterocycles. The first-order valence-electron chi connectivity index (χ1n) is 5.40. The summed E-state index contributed by atoms with van der Waals surface area (Å²) >= 11 is 0. The van der Waals surface area contributed by atoms with E-state index in [1.165, 1.54) is 0 Å². The molecule has 4 nitrogen and oxygen atoms in total. The van der Waals surface area contributed by atoms with Gasteiger partial charge in [0.2, 0.25) is 5.91 Å². The van der Waals surface area contributed by atoms with Crippen molar-refractivity contribution in [3.8, 4) is 0 Å². The zero-order valence-corrected chi connectivity index (χ0v) is 9.45.